The Labute approximate surface area is 161 Å². The number of hydrogen-bond donors (Lipinski definition) is 2. The quantitative estimate of drug-likeness (QED) is 0.587. The number of imide groups is 1. The summed E-state index contributed by atoms with van der Waals surface area (Å²) >= 11 is 0. The maximum Gasteiger partial charge on any atom is 0.338 e. The fourth-order valence-corrected chi connectivity index (χ4v) is 2.66. The Kier molecular flexibility index (Phi) is 5.69. The first kappa shape index (κ1) is 19.1. The lowest BCUT2D eigenvalue weighted by atomic mass is 10.1. The number of benzene rings is 2. The molecule has 3 rings (SSSR count). The predicted molar refractivity (Wildman–Crippen MR) is 100 cm³/mol. The van der Waals surface area contributed by atoms with Crippen LogP contribution in [0.3, 0.4) is 0 Å². The van der Waals surface area contributed by atoms with Gasteiger partial charge in [-0.25, -0.2) is 9.59 Å². The van der Waals surface area contributed by atoms with Crippen molar-refractivity contribution >= 4 is 29.5 Å². The van der Waals surface area contributed by atoms with Crippen LogP contribution in [0.4, 0.5) is 10.5 Å². The number of nitrogens with zero attached hydrogens (tertiary/aromatic N) is 1. The molecule has 8 heteroatoms. The molecule has 28 heavy (non-hydrogen) atoms. The van der Waals surface area contributed by atoms with Crippen LogP contribution in [0.15, 0.2) is 48.5 Å². The number of carbonyl (C=O) groups is 4. The zero-order valence-corrected chi connectivity index (χ0v) is 15.2. The molecule has 2 N–H and O–H groups in total. The van der Waals surface area contributed by atoms with Crippen molar-refractivity contribution in [3.05, 3.63) is 65.2 Å². The summed E-state index contributed by atoms with van der Waals surface area (Å²) in [6.07, 6.45) is 0. The van der Waals surface area contributed by atoms with E-state index in [9.17, 15) is 19.2 Å². The Morgan fingerprint density at radius 1 is 1.11 bits per heavy atom. The SMILES string of the molecule is Cc1ccccc1NC(=O)COC(=O)c1ccc(CN2C(=O)CNC2=O)cc1. The van der Waals surface area contributed by atoms with E-state index in [2.05, 4.69) is 10.6 Å². The number of anilines is 1. The largest absolute Gasteiger partial charge is 0.452 e. The van der Waals surface area contributed by atoms with Gasteiger partial charge in [0.1, 0.15) is 0 Å². The lowest BCUT2D eigenvalue weighted by Gasteiger charge is -2.12. The number of carbonyl (C=O) groups excluding carboxylic acids is 4. The molecule has 0 saturated carbocycles. The molecule has 0 bridgehead atoms. The van der Waals surface area contributed by atoms with Crippen molar-refractivity contribution in [1.82, 2.24) is 10.2 Å². The summed E-state index contributed by atoms with van der Waals surface area (Å²) < 4.78 is 5.03. The molecule has 0 unspecified atom stereocenters. The molecule has 1 fully saturated rings. The lowest BCUT2D eigenvalue weighted by molar-refractivity contribution is -0.125. The van der Waals surface area contributed by atoms with Crippen molar-refractivity contribution in [3.63, 3.8) is 0 Å². The van der Waals surface area contributed by atoms with E-state index in [1.807, 2.05) is 19.1 Å². The molecule has 0 aromatic heterocycles. The summed E-state index contributed by atoms with van der Waals surface area (Å²) in [6.45, 7) is 1.58. The van der Waals surface area contributed by atoms with E-state index in [1.54, 1.807) is 24.3 Å². The van der Waals surface area contributed by atoms with E-state index in [0.717, 1.165) is 10.5 Å². The van der Waals surface area contributed by atoms with Crippen LogP contribution in [0.1, 0.15) is 21.5 Å². The second kappa shape index (κ2) is 8.34. The number of ether oxygens (including phenoxy) is 1. The second-order valence-corrected chi connectivity index (χ2v) is 6.27. The summed E-state index contributed by atoms with van der Waals surface area (Å²) in [5.41, 5.74) is 2.53. The van der Waals surface area contributed by atoms with Crippen molar-refractivity contribution in [2.75, 3.05) is 18.5 Å². The number of urea groups is 1. The zero-order chi connectivity index (χ0) is 20.1. The van der Waals surface area contributed by atoms with Gasteiger partial charge in [-0.15, -0.1) is 0 Å². The van der Waals surface area contributed by atoms with Gasteiger partial charge in [0.15, 0.2) is 6.61 Å². The molecule has 0 atom stereocenters. The highest BCUT2D eigenvalue weighted by Gasteiger charge is 2.28. The number of nitrogens with one attached hydrogen (secondary N) is 2. The summed E-state index contributed by atoms with van der Waals surface area (Å²) in [5.74, 6) is -1.37. The summed E-state index contributed by atoms with van der Waals surface area (Å²) in [5, 5.41) is 5.13. The van der Waals surface area contributed by atoms with E-state index in [4.69, 9.17) is 4.74 Å². The fourth-order valence-electron chi connectivity index (χ4n) is 2.66. The van der Waals surface area contributed by atoms with Crippen molar-refractivity contribution in [1.29, 1.82) is 0 Å². The average molecular weight is 381 g/mol. The van der Waals surface area contributed by atoms with Gasteiger partial charge in [0.2, 0.25) is 5.91 Å². The molecule has 144 valence electrons. The van der Waals surface area contributed by atoms with Crippen LogP contribution in [-0.2, 0) is 20.9 Å². The number of hydrogen-bond acceptors (Lipinski definition) is 5. The standard InChI is InChI=1S/C20H19N3O5/c1-13-4-2-3-5-16(13)22-17(24)12-28-19(26)15-8-6-14(7-9-15)11-23-18(25)10-21-20(23)27/h2-9H,10-12H2,1H3,(H,21,27)(H,22,24). The van der Waals surface area contributed by atoms with Gasteiger partial charge in [-0.3, -0.25) is 14.5 Å². The highest BCUT2D eigenvalue weighted by Crippen LogP contribution is 2.13. The van der Waals surface area contributed by atoms with Crippen molar-refractivity contribution in [2.45, 2.75) is 13.5 Å². The topological polar surface area (TPSA) is 105 Å². The molecule has 2 aromatic carbocycles. The molecule has 2 aromatic rings. The van der Waals surface area contributed by atoms with Gasteiger partial charge in [-0.1, -0.05) is 30.3 Å². The third-order valence-corrected chi connectivity index (χ3v) is 4.22. The first-order chi connectivity index (χ1) is 13.4. The van der Waals surface area contributed by atoms with Gasteiger partial charge in [0, 0.05) is 5.69 Å². The molecule has 1 aliphatic heterocycles. The van der Waals surface area contributed by atoms with Gasteiger partial charge < -0.3 is 15.4 Å². The highest BCUT2D eigenvalue weighted by atomic mass is 16.5. The van der Waals surface area contributed by atoms with E-state index >= 15 is 0 Å². The van der Waals surface area contributed by atoms with Crippen LogP contribution >= 0.6 is 0 Å². The van der Waals surface area contributed by atoms with Gasteiger partial charge in [0.05, 0.1) is 18.7 Å². The molecule has 1 saturated heterocycles. The maximum absolute atomic E-state index is 12.1. The molecule has 0 radical (unpaired) electrons. The average Bonchev–Trinajstić information content (AvgIpc) is 3.00. The molecule has 0 aliphatic carbocycles. The summed E-state index contributed by atoms with van der Waals surface area (Å²) in [7, 11) is 0. The molecule has 4 amide bonds. The first-order valence-corrected chi connectivity index (χ1v) is 8.64. The van der Waals surface area contributed by atoms with Crippen LogP contribution in [0, 0.1) is 6.92 Å². The fraction of sp³-hybridized carbons (Fsp3) is 0.200. The van der Waals surface area contributed by atoms with Gasteiger partial charge in [0.25, 0.3) is 5.91 Å². The predicted octanol–water partition coefficient (Wildman–Crippen LogP) is 1.84. The van der Waals surface area contributed by atoms with Crippen molar-refractivity contribution in [3.8, 4) is 0 Å². The number of rotatable bonds is 6. The second-order valence-electron chi connectivity index (χ2n) is 6.27. The molecule has 1 aliphatic rings. The third kappa shape index (κ3) is 4.53. The minimum Gasteiger partial charge on any atom is -0.452 e. The van der Waals surface area contributed by atoms with Gasteiger partial charge in [-0.2, -0.15) is 0 Å². The van der Waals surface area contributed by atoms with E-state index in [1.165, 1.54) is 12.1 Å². The Morgan fingerprint density at radius 3 is 2.46 bits per heavy atom. The van der Waals surface area contributed by atoms with Crippen LogP contribution in [-0.4, -0.2) is 41.9 Å². The zero-order valence-electron chi connectivity index (χ0n) is 15.2. The van der Waals surface area contributed by atoms with Crippen molar-refractivity contribution < 1.29 is 23.9 Å². The molecule has 0 spiro atoms. The van der Waals surface area contributed by atoms with E-state index in [0.29, 0.717) is 11.3 Å². The van der Waals surface area contributed by atoms with Crippen molar-refractivity contribution in [2.24, 2.45) is 0 Å². The number of esters is 1. The molecule has 8 nitrogen and oxygen atoms in total. The monoisotopic (exact) mass is 381 g/mol. The Bertz CT molecular complexity index is 908. The molecular formula is C20H19N3O5. The van der Waals surface area contributed by atoms with Gasteiger partial charge >= 0.3 is 12.0 Å². The summed E-state index contributed by atoms with van der Waals surface area (Å²) in [4.78, 5) is 48.3. The lowest BCUT2D eigenvalue weighted by Crippen LogP contribution is -2.30. The van der Waals surface area contributed by atoms with E-state index in [-0.39, 0.29) is 24.6 Å². The first-order valence-electron chi connectivity index (χ1n) is 8.64. The Balaban J connectivity index is 1.52. The number of aryl methyl sites for hydroxylation is 1. The van der Waals surface area contributed by atoms with E-state index < -0.39 is 24.5 Å². The highest BCUT2D eigenvalue weighted by molar-refractivity contribution is 6.01. The smallest absolute Gasteiger partial charge is 0.338 e. The molecular weight excluding hydrogens is 362 g/mol. The van der Waals surface area contributed by atoms with Crippen LogP contribution in [0.2, 0.25) is 0 Å². The minimum atomic E-state index is -0.638. The Hall–Kier alpha value is -3.68. The third-order valence-electron chi connectivity index (χ3n) is 4.22. The minimum absolute atomic E-state index is 0.00614. The summed E-state index contributed by atoms with van der Waals surface area (Å²) in [6, 6.07) is 13.2. The number of amides is 4. The number of para-hydroxylation sites is 1. The van der Waals surface area contributed by atoms with Crippen LogP contribution in [0.25, 0.3) is 0 Å². The Morgan fingerprint density at radius 2 is 1.82 bits per heavy atom. The van der Waals surface area contributed by atoms with Crippen LogP contribution in [0.5, 0.6) is 0 Å². The maximum atomic E-state index is 12.1. The molecule has 1 heterocycles. The van der Waals surface area contributed by atoms with Gasteiger partial charge in [-0.05, 0) is 36.2 Å². The normalized spacial score (nSPS) is 13.2. The van der Waals surface area contributed by atoms with Crippen LogP contribution < -0.4 is 10.6 Å².